The Kier molecular flexibility index (Phi) is 4.98. The van der Waals surface area contributed by atoms with Crippen LogP contribution in [0, 0.1) is 0 Å². The third kappa shape index (κ3) is 3.28. The smallest absolute Gasteiger partial charge is 0.0412 e. The Balaban J connectivity index is 2.15. The van der Waals surface area contributed by atoms with E-state index in [0.29, 0.717) is 0 Å². The monoisotopic (exact) mass is 393 g/mol. The molecule has 3 rings (SSSR count). The van der Waals surface area contributed by atoms with Crippen molar-refractivity contribution in [3.63, 3.8) is 0 Å². The summed E-state index contributed by atoms with van der Waals surface area (Å²) in [6.45, 7) is 1.01. The minimum absolute atomic E-state index is 0.782. The van der Waals surface area contributed by atoms with Gasteiger partial charge in [0, 0.05) is 31.4 Å². The summed E-state index contributed by atoms with van der Waals surface area (Å²) in [5.41, 5.74) is 3.78. The van der Waals surface area contributed by atoms with Crippen molar-refractivity contribution in [2.45, 2.75) is 16.2 Å². The molecule has 0 unspecified atom stereocenters. The van der Waals surface area contributed by atoms with Crippen LogP contribution in [0.25, 0.3) is 5.57 Å². The van der Waals surface area contributed by atoms with Crippen LogP contribution in [-0.4, -0.2) is 25.5 Å². The first-order valence-electron chi connectivity index (χ1n) is 7.17. The molecule has 0 spiro atoms. The van der Waals surface area contributed by atoms with Crippen LogP contribution >= 0.6 is 39.3 Å². The van der Waals surface area contributed by atoms with Crippen molar-refractivity contribution in [2.75, 3.05) is 20.6 Å². The van der Waals surface area contributed by atoms with Crippen molar-refractivity contribution in [2.24, 2.45) is 0 Å². The van der Waals surface area contributed by atoms with E-state index in [9.17, 15) is 0 Å². The van der Waals surface area contributed by atoms with E-state index in [1.165, 1.54) is 31.0 Å². The number of rotatable bonds is 3. The van der Waals surface area contributed by atoms with E-state index in [4.69, 9.17) is 11.6 Å². The average molecular weight is 395 g/mol. The maximum atomic E-state index is 6.25. The lowest BCUT2D eigenvalue weighted by molar-refractivity contribution is 0.416. The number of nitrogens with zero attached hydrogens (tertiary/aromatic N) is 1. The molecular formula is C18H17BrClNS. The van der Waals surface area contributed by atoms with E-state index in [2.05, 4.69) is 71.3 Å². The van der Waals surface area contributed by atoms with E-state index < -0.39 is 0 Å². The Morgan fingerprint density at radius 2 is 1.82 bits per heavy atom. The molecule has 0 fully saturated rings. The van der Waals surface area contributed by atoms with Crippen molar-refractivity contribution < 1.29 is 0 Å². The molecule has 1 heterocycles. The molecule has 0 atom stereocenters. The van der Waals surface area contributed by atoms with E-state index in [1.54, 1.807) is 0 Å². The molecule has 0 radical (unpaired) electrons. The summed E-state index contributed by atoms with van der Waals surface area (Å²) in [4.78, 5) is 4.76. The van der Waals surface area contributed by atoms with Gasteiger partial charge in [-0.25, -0.2) is 0 Å². The summed E-state index contributed by atoms with van der Waals surface area (Å²) >= 11 is 11.9. The average Bonchev–Trinajstić information content (AvgIpc) is 2.50. The van der Waals surface area contributed by atoms with E-state index in [-0.39, 0.29) is 0 Å². The van der Waals surface area contributed by atoms with Crippen molar-refractivity contribution in [1.29, 1.82) is 0 Å². The first kappa shape index (κ1) is 16.1. The topological polar surface area (TPSA) is 3.24 Å². The molecule has 0 saturated heterocycles. The third-order valence-electron chi connectivity index (χ3n) is 3.64. The highest BCUT2D eigenvalue weighted by molar-refractivity contribution is 9.11. The highest BCUT2D eigenvalue weighted by atomic mass is 79.9. The Morgan fingerprint density at radius 3 is 2.59 bits per heavy atom. The van der Waals surface area contributed by atoms with Crippen molar-refractivity contribution in [1.82, 2.24) is 4.90 Å². The summed E-state index contributed by atoms with van der Waals surface area (Å²) in [5.74, 6) is 0. The van der Waals surface area contributed by atoms with Crippen LogP contribution in [0.5, 0.6) is 0 Å². The second-order valence-corrected chi connectivity index (χ2v) is 8.05. The van der Waals surface area contributed by atoms with Gasteiger partial charge in [0.05, 0.1) is 0 Å². The predicted octanol–water partition coefficient (Wildman–Crippen LogP) is 5.91. The van der Waals surface area contributed by atoms with Gasteiger partial charge in [0.2, 0.25) is 0 Å². The van der Waals surface area contributed by atoms with Gasteiger partial charge in [0.1, 0.15) is 0 Å². The van der Waals surface area contributed by atoms with Gasteiger partial charge in [0.25, 0.3) is 0 Å². The Morgan fingerprint density at radius 1 is 1.09 bits per heavy atom. The maximum absolute atomic E-state index is 6.25. The number of hydrogen-bond acceptors (Lipinski definition) is 2. The van der Waals surface area contributed by atoms with Crippen LogP contribution in [-0.2, 0) is 0 Å². The van der Waals surface area contributed by atoms with Crippen LogP contribution in [0.15, 0.2) is 56.7 Å². The molecule has 4 heteroatoms. The van der Waals surface area contributed by atoms with Crippen LogP contribution in [0.4, 0.5) is 0 Å². The molecular weight excluding hydrogens is 378 g/mol. The summed E-state index contributed by atoms with van der Waals surface area (Å²) < 4.78 is 1.23. The first-order valence-corrected chi connectivity index (χ1v) is 9.15. The second kappa shape index (κ2) is 6.79. The normalized spacial score (nSPS) is 15.5. The molecule has 2 aromatic rings. The van der Waals surface area contributed by atoms with Gasteiger partial charge in [-0.1, -0.05) is 57.5 Å². The van der Waals surface area contributed by atoms with Crippen molar-refractivity contribution in [3.8, 4) is 0 Å². The molecule has 1 nitrogen and oxygen atoms in total. The van der Waals surface area contributed by atoms with Crippen molar-refractivity contribution in [3.05, 3.63) is 63.1 Å². The van der Waals surface area contributed by atoms with Gasteiger partial charge in [0.15, 0.2) is 0 Å². The molecule has 2 aromatic carbocycles. The largest absolute Gasteiger partial charge is 0.309 e. The molecule has 0 amide bonds. The zero-order chi connectivity index (χ0) is 15.7. The fraction of sp³-hybridized carbons (Fsp3) is 0.222. The minimum atomic E-state index is 0.782. The highest BCUT2D eigenvalue weighted by Crippen LogP contribution is 2.48. The highest BCUT2D eigenvalue weighted by Gasteiger charge is 2.23. The zero-order valence-corrected chi connectivity index (χ0v) is 15.7. The standard InChI is InChI=1S/C18H17BrClNS/c1-21(2)10-9-15(19)18-13-5-3-4-6-16(13)22-17-8-7-12(20)11-14(17)18/h3-8,11H,9-10H2,1-2H3. The molecule has 0 saturated carbocycles. The Hall–Kier alpha value is -0.740. The number of benzene rings is 2. The summed E-state index contributed by atoms with van der Waals surface area (Å²) in [7, 11) is 4.20. The number of fused-ring (bicyclic) bond motifs is 2. The zero-order valence-electron chi connectivity index (χ0n) is 12.6. The Bertz CT molecular complexity index is 740. The maximum Gasteiger partial charge on any atom is 0.0412 e. The van der Waals surface area contributed by atoms with Crippen LogP contribution in [0.2, 0.25) is 5.02 Å². The quantitative estimate of drug-likeness (QED) is 0.543. The van der Waals surface area contributed by atoms with Crippen LogP contribution in [0.1, 0.15) is 17.5 Å². The second-order valence-electron chi connectivity index (χ2n) is 5.57. The van der Waals surface area contributed by atoms with Gasteiger partial charge in [-0.05, 0) is 55.9 Å². The van der Waals surface area contributed by atoms with Crippen LogP contribution in [0.3, 0.4) is 0 Å². The number of hydrogen-bond donors (Lipinski definition) is 0. The Labute approximate surface area is 149 Å². The lowest BCUT2D eigenvalue weighted by atomic mass is 9.96. The fourth-order valence-corrected chi connectivity index (χ4v) is 4.40. The van der Waals surface area contributed by atoms with Gasteiger partial charge >= 0.3 is 0 Å². The molecule has 0 N–H and O–H groups in total. The van der Waals surface area contributed by atoms with Gasteiger partial charge < -0.3 is 4.90 Å². The first-order chi connectivity index (χ1) is 10.6. The van der Waals surface area contributed by atoms with E-state index >= 15 is 0 Å². The van der Waals surface area contributed by atoms with E-state index in [0.717, 1.165) is 18.0 Å². The minimum Gasteiger partial charge on any atom is -0.309 e. The lowest BCUT2D eigenvalue weighted by Crippen LogP contribution is -2.13. The number of halogens is 2. The summed E-state index contributed by atoms with van der Waals surface area (Å²) in [6.07, 6.45) is 0.979. The third-order valence-corrected chi connectivity index (χ3v) is 5.82. The molecule has 114 valence electrons. The van der Waals surface area contributed by atoms with Crippen molar-refractivity contribution >= 4 is 44.9 Å². The van der Waals surface area contributed by atoms with E-state index in [1.807, 2.05) is 17.8 Å². The van der Waals surface area contributed by atoms with Gasteiger partial charge in [-0.15, -0.1) is 0 Å². The van der Waals surface area contributed by atoms with Crippen LogP contribution < -0.4 is 0 Å². The lowest BCUT2D eigenvalue weighted by Gasteiger charge is -2.24. The molecule has 1 aliphatic rings. The summed E-state index contributed by atoms with van der Waals surface area (Å²) in [6, 6.07) is 14.7. The fourth-order valence-electron chi connectivity index (χ4n) is 2.55. The molecule has 0 bridgehead atoms. The molecule has 0 aliphatic carbocycles. The molecule has 0 aromatic heterocycles. The predicted molar refractivity (Wildman–Crippen MR) is 100 cm³/mol. The molecule has 22 heavy (non-hydrogen) atoms. The molecule has 1 aliphatic heterocycles. The summed E-state index contributed by atoms with van der Waals surface area (Å²) in [5, 5.41) is 0.782. The SMILES string of the molecule is CN(C)CCC(Br)=C1c2ccccc2Sc2ccc(Cl)cc21. The van der Waals surface area contributed by atoms with Gasteiger partial charge in [-0.2, -0.15) is 0 Å². The van der Waals surface area contributed by atoms with Gasteiger partial charge in [-0.3, -0.25) is 0 Å².